The van der Waals surface area contributed by atoms with Crippen LogP contribution >= 0.6 is 0 Å². The van der Waals surface area contributed by atoms with Crippen LogP contribution < -0.4 is 0 Å². The molecule has 260 valence electrons. The van der Waals surface area contributed by atoms with Crippen molar-refractivity contribution in [2.45, 2.75) is 6.92 Å². The van der Waals surface area contributed by atoms with Crippen LogP contribution in [0.3, 0.4) is 0 Å². The van der Waals surface area contributed by atoms with Crippen LogP contribution in [0.4, 0.5) is 11.4 Å². The maximum absolute atomic E-state index is 5.25. The van der Waals surface area contributed by atoms with Crippen molar-refractivity contribution in [1.82, 2.24) is 9.13 Å². The molecule has 2 aromatic heterocycles. The number of hydrogen-bond acceptors (Lipinski definition) is 2. The lowest BCUT2D eigenvalue weighted by Gasteiger charge is -2.10. The lowest BCUT2D eigenvalue weighted by atomic mass is 9.99. The van der Waals surface area contributed by atoms with E-state index in [1.165, 1.54) is 54.8 Å². The number of fused-ring (bicyclic) bond motifs is 6. The molecule has 8 aromatic carbocycles. The van der Waals surface area contributed by atoms with E-state index in [4.69, 9.17) is 9.98 Å². The zero-order valence-corrected chi connectivity index (χ0v) is 30.3. The van der Waals surface area contributed by atoms with Crippen molar-refractivity contribution in [3.8, 4) is 27.9 Å². The van der Waals surface area contributed by atoms with Crippen LogP contribution in [-0.2, 0) is 0 Å². The number of aromatic nitrogens is 2. The average Bonchev–Trinajstić information content (AvgIpc) is 3.76. The summed E-state index contributed by atoms with van der Waals surface area (Å²) in [6.45, 7) is 2.10. The fourth-order valence-electron chi connectivity index (χ4n) is 7.95. The summed E-state index contributed by atoms with van der Waals surface area (Å²) in [5.41, 5.74) is 13.3. The molecule has 0 aliphatic heterocycles. The molecule has 10 rings (SSSR count). The number of para-hydroxylation sites is 4. The minimum atomic E-state index is 0.871. The Morgan fingerprint density at radius 1 is 0.436 bits per heavy atom. The Labute approximate surface area is 319 Å². The van der Waals surface area contributed by atoms with Crippen LogP contribution in [0.25, 0.3) is 71.6 Å². The summed E-state index contributed by atoms with van der Waals surface area (Å²) in [4.78, 5) is 9.99. The molecule has 0 radical (unpaired) electrons. The average molecular weight is 705 g/mol. The van der Waals surface area contributed by atoms with Crippen LogP contribution in [-0.4, -0.2) is 21.2 Å². The molecule has 0 bridgehead atoms. The summed E-state index contributed by atoms with van der Waals surface area (Å²) in [7, 11) is 0. The van der Waals surface area contributed by atoms with Gasteiger partial charge in [-0.15, -0.1) is 0 Å². The van der Waals surface area contributed by atoms with Gasteiger partial charge in [-0.2, -0.15) is 0 Å². The van der Waals surface area contributed by atoms with Crippen molar-refractivity contribution < 1.29 is 0 Å². The lowest BCUT2D eigenvalue weighted by Crippen LogP contribution is -2.06. The third-order valence-corrected chi connectivity index (χ3v) is 10.5. The van der Waals surface area contributed by atoms with E-state index in [9.17, 15) is 0 Å². The maximum Gasteiger partial charge on any atom is 0.111 e. The smallest absolute Gasteiger partial charge is 0.111 e. The zero-order valence-electron chi connectivity index (χ0n) is 30.3. The molecule has 0 fully saturated rings. The van der Waals surface area contributed by atoms with Crippen LogP contribution in [0.2, 0.25) is 0 Å². The van der Waals surface area contributed by atoms with Gasteiger partial charge in [-0.3, -0.25) is 9.56 Å². The van der Waals surface area contributed by atoms with Crippen molar-refractivity contribution in [3.05, 3.63) is 200 Å². The lowest BCUT2D eigenvalue weighted by molar-refractivity contribution is 1.18. The number of benzene rings is 8. The van der Waals surface area contributed by atoms with Gasteiger partial charge in [0.2, 0.25) is 0 Å². The third-order valence-electron chi connectivity index (χ3n) is 10.5. The van der Waals surface area contributed by atoms with Crippen molar-refractivity contribution >= 4 is 67.0 Å². The molecule has 2 heterocycles. The molecule has 0 atom stereocenters. The van der Waals surface area contributed by atoms with Gasteiger partial charge in [-0.25, -0.2) is 4.99 Å². The number of hydrogen-bond donors (Lipinski definition) is 0. The number of rotatable bonds is 6. The highest BCUT2D eigenvalue weighted by molar-refractivity contribution is 6.16. The van der Waals surface area contributed by atoms with Gasteiger partial charge in [0.05, 0.1) is 33.4 Å². The molecular weight excluding hydrogens is 669 g/mol. The van der Waals surface area contributed by atoms with Gasteiger partial charge in [-0.1, -0.05) is 121 Å². The first kappa shape index (κ1) is 32.4. The molecule has 0 saturated heterocycles. The van der Waals surface area contributed by atoms with E-state index in [-0.39, 0.29) is 0 Å². The summed E-state index contributed by atoms with van der Waals surface area (Å²) in [6, 6.07) is 68.7. The second kappa shape index (κ2) is 13.6. The minimum Gasteiger partial charge on any atom is -0.309 e. The van der Waals surface area contributed by atoms with E-state index >= 15 is 0 Å². The zero-order chi connectivity index (χ0) is 36.7. The van der Waals surface area contributed by atoms with E-state index < -0.39 is 0 Å². The molecule has 0 aliphatic rings. The standard InChI is InChI=1S/C51H36N4/c1-35(53-47-23-13-11-17-40(47)34-52-41-18-7-3-8-19-41)54-49-28-25-37(36-15-5-2-6-16-36)31-45(49)46-33-39(26-29-50(46)54)38-27-30-51-44(32-38)43-22-12-14-24-48(43)55(51)42-20-9-4-10-21-42/h2-34H,1H3. The monoisotopic (exact) mass is 704 g/mol. The minimum absolute atomic E-state index is 0.871. The van der Waals surface area contributed by atoms with Gasteiger partial charge in [-0.05, 0) is 102 Å². The van der Waals surface area contributed by atoms with Gasteiger partial charge >= 0.3 is 0 Å². The molecule has 55 heavy (non-hydrogen) atoms. The largest absolute Gasteiger partial charge is 0.309 e. The van der Waals surface area contributed by atoms with E-state index in [0.717, 1.165) is 39.5 Å². The summed E-state index contributed by atoms with van der Waals surface area (Å²) in [5.74, 6) is 0.885. The molecule has 0 aliphatic carbocycles. The quantitative estimate of drug-likeness (QED) is 0.122. The fraction of sp³-hybridized carbons (Fsp3) is 0.0196. The first-order valence-corrected chi connectivity index (χ1v) is 18.7. The molecule has 0 amide bonds. The highest BCUT2D eigenvalue weighted by Gasteiger charge is 2.17. The maximum atomic E-state index is 5.25. The van der Waals surface area contributed by atoms with Gasteiger partial charge in [0.25, 0.3) is 0 Å². The Bertz CT molecular complexity index is 3080. The first-order chi connectivity index (χ1) is 27.2. The van der Waals surface area contributed by atoms with Gasteiger partial charge in [0.1, 0.15) is 5.84 Å². The molecule has 4 heteroatoms. The van der Waals surface area contributed by atoms with Crippen LogP contribution in [0.1, 0.15) is 12.5 Å². The fourth-order valence-corrected chi connectivity index (χ4v) is 7.95. The topological polar surface area (TPSA) is 34.6 Å². The Hall–Kier alpha value is -7.30. The van der Waals surface area contributed by atoms with Crippen LogP contribution in [0.5, 0.6) is 0 Å². The molecule has 0 unspecified atom stereocenters. The second-order valence-corrected chi connectivity index (χ2v) is 13.9. The van der Waals surface area contributed by atoms with Crippen LogP contribution in [0, 0.1) is 0 Å². The molecule has 0 saturated carbocycles. The highest BCUT2D eigenvalue weighted by atomic mass is 15.1. The first-order valence-electron chi connectivity index (χ1n) is 18.7. The Morgan fingerprint density at radius 2 is 0.945 bits per heavy atom. The van der Waals surface area contributed by atoms with Crippen molar-refractivity contribution in [3.63, 3.8) is 0 Å². The number of nitrogens with zero attached hydrogens (tertiary/aromatic N) is 4. The van der Waals surface area contributed by atoms with E-state index in [2.05, 4.69) is 168 Å². The summed E-state index contributed by atoms with van der Waals surface area (Å²) in [5, 5.41) is 4.86. The Morgan fingerprint density at radius 3 is 1.64 bits per heavy atom. The van der Waals surface area contributed by atoms with Crippen molar-refractivity contribution in [2.24, 2.45) is 9.98 Å². The van der Waals surface area contributed by atoms with E-state index in [1.54, 1.807) is 0 Å². The number of aliphatic imine (C=N–C) groups is 2. The summed E-state index contributed by atoms with van der Waals surface area (Å²) < 4.78 is 4.66. The van der Waals surface area contributed by atoms with Crippen LogP contribution in [0.15, 0.2) is 204 Å². The molecule has 0 N–H and O–H groups in total. The predicted molar refractivity (Wildman–Crippen MR) is 233 cm³/mol. The Balaban J connectivity index is 1.14. The summed E-state index contributed by atoms with van der Waals surface area (Å²) >= 11 is 0. The van der Waals surface area contributed by atoms with Gasteiger partial charge in [0, 0.05) is 39.0 Å². The predicted octanol–water partition coefficient (Wildman–Crippen LogP) is 13.6. The Kier molecular flexibility index (Phi) is 8.00. The highest BCUT2D eigenvalue weighted by Crippen LogP contribution is 2.38. The molecular formula is C51H36N4. The van der Waals surface area contributed by atoms with E-state index in [0.29, 0.717) is 0 Å². The third kappa shape index (κ3) is 5.81. The van der Waals surface area contributed by atoms with Gasteiger partial charge < -0.3 is 4.57 Å². The molecule has 10 aromatic rings. The second-order valence-electron chi connectivity index (χ2n) is 13.9. The van der Waals surface area contributed by atoms with Crippen molar-refractivity contribution in [1.29, 1.82) is 0 Å². The van der Waals surface area contributed by atoms with Crippen molar-refractivity contribution in [2.75, 3.05) is 0 Å². The molecule has 4 nitrogen and oxygen atoms in total. The van der Waals surface area contributed by atoms with E-state index in [1.807, 2.05) is 48.7 Å². The SMILES string of the molecule is CC(=Nc1ccccc1C=Nc1ccccc1)n1c2ccc(-c3ccccc3)cc2c2cc(-c3ccc4c(c3)c3ccccc3n4-c3ccccc3)ccc21. The molecule has 0 spiro atoms. The summed E-state index contributed by atoms with van der Waals surface area (Å²) in [6.07, 6.45) is 1.90. The normalized spacial score (nSPS) is 12.1. The van der Waals surface area contributed by atoms with Gasteiger partial charge in [0.15, 0.2) is 0 Å².